The normalized spacial score (nSPS) is 21.9. The summed E-state index contributed by atoms with van der Waals surface area (Å²) in [6.45, 7) is 4.19. The second-order valence-corrected chi connectivity index (χ2v) is 6.96. The Morgan fingerprint density at radius 3 is 2.65 bits per heavy atom. The van der Waals surface area contributed by atoms with E-state index in [2.05, 4.69) is 40.4 Å². The predicted molar refractivity (Wildman–Crippen MR) is 86.7 cm³/mol. The van der Waals surface area contributed by atoms with Gasteiger partial charge in [-0.3, -0.25) is 0 Å². The summed E-state index contributed by atoms with van der Waals surface area (Å²) in [7, 11) is 0. The van der Waals surface area contributed by atoms with E-state index in [1.54, 1.807) is 0 Å². The maximum absolute atomic E-state index is 4.70. The van der Waals surface area contributed by atoms with Crippen LogP contribution in [0.25, 0.3) is 0 Å². The average Bonchev–Trinajstić information content (AvgIpc) is 3.20. The highest BCUT2D eigenvalue weighted by atomic mass is 32.2. The van der Waals surface area contributed by atoms with E-state index in [1.165, 1.54) is 30.8 Å². The van der Waals surface area contributed by atoms with Crippen LogP contribution in [0.5, 0.6) is 0 Å². The van der Waals surface area contributed by atoms with Crippen molar-refractivity contribution >= 4 is 23.4 Å². The standard InChI is InChI=1S/C15H24N4S/c1-2-6-16-13-8-14(17-9-11-5-7-20-10-11)19-15(18-13)12-3-4-12/h8,11-12H,2-7,9-10H2,1H3,(H2,16,17,18,19). The molecule has 1 aliphatic carbocycles. The molecule has 1 aromatic rings. The molecule has 4 nitrogen and oxygen atoms in total. The van der Waals surface area contributed by atoms with E-state index in [9.17, 15) is 0 Å². The van der Waals surface area contributed by atoms with Crippen LogP contribution >= 0.6 is 11.8 Å². The Bertz CT molecular complexity index is 441. The quantitative estimate of drug-likeness (QED) is 0.807. The van der Waals surface area contributed by atoms with Gasteiger partial charge in [-0.05, 0) is 43.1 Å². The van der Waals surface area contributed by atoms with E-state index >= 15 is 0 Å². The van der Waals surface area contributed by atoms with Gasteiger partial charge in [-0.1, -0.05) is 6.92 Å². The average molecular weight is 292 g/mol. The van der Waals surface area contributed by atoms with Crippen molar-refractivity contribution in [3.05, 3.63) is 11.9 Å². The second kappa shape index (κ2) is 6.66. The van der Waals surface area contributed by atoms with Crippen LogP contribution in [0.2, 0.25) is 0 Å². The Balaban J connectivity index is 1.65. The highest BCUT2D eigenvalue weighted by Crippen LogP contribution is 2.38. The molecule has 3 rings (SSSR count). The van der Waals surface area contributed by atoms with Crippen LogP contribution in [0.4, 0.5) is 11.6 Å². The van der Waals surface area contributed by atoms with E-state index in [0.29, 0.717) is 5.92 Å². The summed E-state index contributed by atoms with van der Waals surface area (Å²) in [6, 6.07) is 2.06. The van der Waals surface area contributed by atoms with Gasteiger partial charge < -0.3 is 10.6 Å². The Kier molecular flexibility index (Phi) is 4.65. The first-order valence-corrected chi connectivity index (χ1v) is 8.95. The molecule has 1 saturated carbocycles. The van der Waals surface area contributed by atoms with Crippen molar-refractivity contribution in [2.45, 2.75) is 38.5 Å². The third-order valence-corrected chi connectivity index (χ3v) is 5.07. The SMILES string of the molecule is CCCNc1cc(NCC2CCSC2)nc(C2CC2)n1. The number of hydrogen-bond acceptors (Lipinski definition) is 5. The summed E-state index contributed by atoms with van der Waals surface area (Å²) >= 11 is 2.06. The molecule has 1 unspecified atom stereocenters. The van der Waals surface area contributed by atoms with E-state index in [4.69, 9.17) is 4.98 Å². The summed E-state index contributed by atoms with van der Waals surface area (Å²) in [6.07, 6.45) is 4.94. The van der Waals surface area contributed by atoms with Crippen molar-refractivity contribution in [2.75, 3.05) is 35.2 Å². The third-order valence-electron chi connectivity index (χ3n) is 3.84. The fourth-order valence-corrected chi connectivity index (χ4v) is 3.70. The zero-order chi connectivity index (χ0) is 13.8. The van der Waals surface area contributed by atoms with E-state index in [1.807, 2.05) is 0 Å². The van der Waals surface area contributed by atoms with Gasteiger partial charge in [0.15, 0.2) is 0 Å². The van der Waals surface area contributed by atoms with Gasteiger partial charge in [0.1, 0.15) is 17.5 Å². The molecular formula is C15H24N4S. The first-order valence-electron chi connectivity index (χ1n) is 7.79. The van der Waals surface area contributed by atoms with Crippen molar-refractivity contribution in [2.24, 2.45) is 5.92 Å². The van der Waals surface area contributed by atoms with E-state index in [0.717, 1.165) is 42.9 Å². The molecule has 2 fully saturated rings. The molecule has 0 radical (unpaired) electrons. The van der Waals surface area contributed by atoms with Crippen LogP contribution in [-0.4, -0.2) is 34.6 Å². The maximum Gasteiger partial charge on any atom is 0.136 e. The first-order chi connectivity index (χ1) is 9.85. The van der Waals surface area contributed by atoms with Gasteiger partial charge >= 0.3 is 0 Å². The number of rotatable bonds is 7. The molecular weight excluding hydrogens is 268 g/mol. The summed E-state index contributed by atoms with van der Waals surface area (Å²) in [5, 5.41) is 6.91. The van der Waals surface area contributed by atoms with Crippen molar-refractivity contribution < 1.29 is 0 Å². The highest BCUT2D eigenvalue weighted by Gasteiger charge is 2.27. The van der Waals surface area contributed by atoms with Crippen molar-refractivity contribution in [3.63, 3.8) is 0 Å². The summed E-state index contributed by atoms with van der Waals surface area (Å²) in [5.41, 5.74) is 0. The van der Waals surface area contributed by atoms with Gasteiger partial charge in [0.05, 0.1) is 0 Å². The van der Waals surface area contributed by atoms with Gasteiger partial charge in [0, 0.05) is 25.1 Å². The monoisotopic (exact) mass is 292 g/mol. The second-order valence-electron chi connectivity index (χ2n) is 5.81. The zero-order valence-corrected chi connectivity index (χ0v) is 13.0. The van der Waals surface area contributed by atoms with Gasteiger partial charge in [-0.15, -0.1) is 0 Å². The summed E-state index contributed by atoms with van der Waals surface area (Å²) < 4.78 is 0. The molecule has 0 amide bonds. The zero-order valence-electron chi connectivity index (χ0n) is 12.2. The van der Waals surface area contributed by atoms with Crippen molar-refractivity contribution in [1.29, 1.82) is 0 Å². The topological polar surface area (TPSA) is 49.8 Å². The van der Waals surface area contributed by atoms with Gasteiger partial charge in [-0.25, -0.2) is 9.97 Å². The van der Waals surface area contributed by atoms with Crippen LogP contribution in [0.1, 0.15) is 44.3 Å². The number of thioether (sulfide) groups is 1. The smallest absolute Gasteiger partial charge is 0.136 e. The molecule has 1 saturated heterocycles. The van der Waals surface area contributed by atoms with Gasteiger partial charge in [0.2, 0.25) is 0 Å². The Hall–Kier alpha value is -0.970. The number of aromatic nitrogens is 2. The molecule has 1 atom stereocenters. The molecule has 2 heterocycles. The van der Waals surface area contributed by atoms with Crippen molar-refractivity contribution in [3.8, 4) is 0 Å². The fraction of sp³-hybridized carbons (Fsp3) is 0.733. The van der Waals surface area contributed by atoms with Crippen molar-refractivity contribution in [1.82, 2.24) is 9.97 Å². The Labute approximate surface area is 125 Å². The lowest BCUT2D eigenvalue weighted by molar-refractivity contribution is 0.630. The lowest BCUT2D eigenvalue weighted by Crippen LogP contribution is -2.15. The van der Waals surface area contributed by atoms with Gasteiger partial charge in [-0.2, -0.15) is 11.8 Å². The van der Waals surface area contributed by atoms with Crippen LogP contribution in [0.15, 0.2) is 6.07 Å². The summed E-state index contributed by atoms with van der Waals surface area (Å²) in [4.78, 5) is 9.34. The minimum atomic E-state index is 0.598. The Morgan fingerprint density at radius 1 is 1.20 bits per heavy atom. The molecule has 110 valence electrons. The highest BCUT2D eigenvalue weighted by molar-refractivity contribution is 7.99. The molecule has 1 aromatic heterocycles. The molecule has 20 heavy (non-hydrogen) atoms. The van der Waals surface area contributed by atoms with E-state index < -0.39 is 0 Å². The number of nitrogens with zero attached hydrogens (tertiary/aromatic N) is 2. The number of anilines is 2. The molecule has 2 N–H and O–H groups in total. The predicted octanol–water partition coefficient (Wildman–Crippen LogP) is 3.34. The lowest BCUT2D eigenvalue weighted by Gasteiger charge is -2.13. The molecule has 1 aliphatic heterocycles. The van der Waals surface area contributed by atoms with Crippen LogP contribution in [0, 0.1) is 5.92 Å². The first kappa shape index (κ1) is 14.0. The van der Waals surface area contributed by atoms with Crippen LogP contribution in [-0.2, 0) is 0 Å². The minimum absolute atomic E-state index is 0.598. The largest absolute Gasteiger partial charge is 0.370 e. The minimum Gasteiger partial charge on any atom is -0.370 e. The summed E-state index contributed by atoms with van der Waals surface area (Å²) in [5.74, 6) is 6.99. The maximum atomic E-state index is 4.70. The molecule has 0 spiro atoms. The number of nitrogens with one attached hydrogen (secondary N) is 2. The number of hydrogen-bond donors (Lipinski definition) is 2. The molecule has 5 heteroatoms. The fourth-order valence-electron chi connectivity index (χ4n) is 2.42. The molecule has 0 aromatic carbocycles. The third kappa shape index (κ3) is 3.78. The Morgan fingerprint density at radius 2 is 2.00 bits per heavy atom. The van der Waals surface area contributed by atoms with Gasteiger partial charge in [0.25, 0.3) is 0 Å². The molecule has 2 aliphatic rings. The van der Waals surface area contributed by atoms with Crippen LogP contribution < -0.4 is 10.6 Å². The molecule has 0 bridgehead atoms. The van der Waals surface area contributed by atoms with Crippen LogP contribution in [0.3, 0.4) is 0 Å². The van der Waals surface area contributed by atoms with E-state index in [-0.39, 0.29) is 0 Å². The lowest BCUT2D eigenvalue weighted by atomic mass is 10.1.